The number of fused-ring (bicyclic) bond motifs is 1. The van der Waals surface area contributed by atoms with Crippen molar-refractivity contribution < 1.29 is 14.0 Å². The third-order valence-corrected chi connectivity index (χ3v) is 5.97. The second-order valence-electron chi connectivity index (χ2n) is 8.33. The summed E-state index contributed by atoms with van der Waals surface area (Å²) in [6.07, 6.45) is 1.91. The molecule has 0 saturated heterocycles. The quantitative estimate of drug-likeness (QED) is 0.359. The van der Waals surface area contributed by atoms with Gasteiger partial charge in [-0.05, 0) is 55.3 Å². The first-order chi connectivity index (χ1) is 17.3. The van der Waals surface area contributed by atoms with Crippen LogP contribution in [-0.2, 0) is 29.2 Å². The monoisotopic (exact) mass is 508 g/mol. The Hall–Kier alpha value is -4.11. The Morgan fingerprint density at radius 1 is 1.00 bits per heavy atom. The van der Waals surface area contributed by atoms with Crippen LogP contribution in [0.1, 0.15) is 24.2 Å². The number of hydrogen-bond acceptors (Lipinski definition) is 5. The SMILES string of the molecule is Cc1ccc(NC(=O)Cn2c(=O)n(CCCC(=O)NCc3ccco3)c(=O)c3ccccc32)c(Cl)c1. The highest BCUT2D eigenvalue weighted by Gasteiger charge is 2.16. The van der Waals surface area contributed by atoms with Gasteiger partial charge in [0.05, 0.1) is 34.4 Å². The number of nitrogens with zero attached hydrogens (tertiary/aromatic N) is 2. The van der Waals surface area contributed by atoms with Crippen LogP contribution >= 0.6 is 11.6 Å². The number of para-hydroxylation sites is 1. The van der Waals surface area contributed by atoms with Gasteiger partial charge in [0.15, 0.2) is 0 Å². The molecule has 2 amide bonds. The third kappa shape index (κ3) is 5.75. The molecular formula is C26H25ClN4O5. The summed E-state index contributed by atoms with van der Waals surface area (Å²) in [6, 6.07) is 15.3. The van der Waals surface area contributed by atoms with Gasteiger partial charge in [0.2, 0.25) is 11.8 Å². The number of benzene rings is 2. The van der Waals surface area contributed by atoms with Crippen LogP contribution in [0, 0.1) is 6.92 Å². The van der Waals surface area contributed by atoms with E-state index >= 15 is 0 Å². The molecule has 36 heavy (non-hydrogen) atoms. The second kappa shape index (κ2) is 11.1. The van der Waals surface area contributed by atoms with Crippen LogP contribution < -0.4 is 21.9 Å². The maximum atomic E-state index is 13.3. The molecule has 0 unspecified atom stereocenters. The average molecular weight is 509 g/mol. The normalized spacial score (nSPS) is 10.9. The van der Waals surface area contributed by atoms with Crippen LogP contribution in [0.15, 0.2) is 74.9 Å². The van der Waals surface area contributed by atoms with E-state index in [-0.39, 0.29) is 38.4 Å². The zero-order valence-corrected chi connectivity index (χ0v) is 20.4. The van der Waals surface area contributed by atoms with Crippen molar-refractivity contribution in [2.24, 2.45) is 0 Å². The molecule has 0 fully saturated rings. The first-order valence-electron chi connectivity index (χ1n) is 11.4. The van der Waals surface area contributed by atoms with E-state index in [1.54, 1.807) is 48.5 Å². The van der Waals surface area contributed by atoms with E-state index in [0.717, 1.165) is 10.1 Å². The standard InChI is InChI=1S/C26H25ClN4O5/c1-17-10-11-21(20(27)14-17)29-24(33)16-31-22-8-3-2-7-19(22)25(34)30(26(31)35)12-4-9-23(32)28-15-18-6-5-13-36-18/h2-3,5-8,10-11,13-14H,4,9,12,15-16H2,1H3,(H,28,32)(H,29,33). The number of aromatic nitrogens is 2. The molecule has 4 rings (SSSR count). The largest absolute Gasteiger partial charge is 0.467 e. The predicted molar refractivity (Wildman–Crippen MR) is 137 cm³/mol. The van der Waals surface area contributed by atoms with E-state index in [2.05, 4.69) is 10.6 Å². The lowest BCUT2D eigenvalue weighted by Crippen LogP contribution is -2.42. The molecule has 2 heterocycles. The number of carbonyl (C=O) groups excluding carboxylic acids is 2. The Labute approximate surface area is 211 Å². The van der Waals surface area contributed by atoms with E-state index in [4.69, 9.17) is 16.0 Å². The Bertz CT molecular complexity index is 1520. The number of carbonyl (C=O) groups is 2. The van der Waals surface area contributed by atoms with Gasteiger partial charge in [-0.1, -0.05) is 29.8 Å². The number of rotatable bonds is 9. The summed E-state index contributed by atoms with van der Waals surface area (Å²) >= 11 is 6.22. The lowest BCUT2D eigenvalue weighted by atomic mass is 10.2. The summed E-state index contributed by atoms with van der Waals surface area (Å²) in [5.41, 5.74) is 0.634. The number of halogens is 1. The summed E-state index contributed by atoms with van der Waals surface area (Å²) in [5, 5.41) is 6.14. The molecule has 0 bridgehead atoms. The van der Waals surface area contributed by atoms with Gasteiger partial charge in [0, 0.05) is 13.0 Å². The van der Waals surface area contributed by atoms with Crippen molar-refractivity contribution in [1.29, 1.82) is 0 Å². The molecule has 9 nitrogen and oxygen atoms in total. The van der Waals surface area contributed by atoms with E-state index in [0.29, 0.717) is 27.4 Å². The van der Waals surface area contributed by atoms with Crippen molar-refractivity contribution in [1.82, 2.24) is 14.5 Å². The Morgan fingerprint density at radius 3 is 2.56 bits per heavy atom. The van der Waals surface area contributed by atoms with Gasteiger partial charge in [-0.25, -0.2) is 4.79 Å². The second-order valence-corrected chi connectivity index (χ2v) is 8.74. The minimum Gasteiger partial charge on any atom is -0.467 e. The molecule has 0 saturated carbocycles. The molecular weight excluding hydrogens is 484 g/mol. The summed E-state index contributed by atoms with van der Waals surface area (Å²) in [5.74, 6) is -0.0624. The highest BCUT2D eigenvalue weighted by molar-refractivity contribution is 6.33. The van der Waals surface area contributed by atoms with E-state index in [1.807, 2.05) is 13.0 Å². The van der Waals surface area contributed by atoms with Gasteiger partial charge in [0.1, 0.15) is 12.3 Å². The molecule has 4 aromatic rings. The summed E-state index contributed by atoms with van der Waals surface area (Å²) < 4.78 is 7.50. The summed E-state index contributed by atoms with van der Waals surface area (Å²) in [7, 11) is 0. The Kier molecular flexibility index (Phi) is 7.70. The lowest BCUT2D eigenvalue weighted by molar-refractivity contribution is -0.121. The Morgan fingerprint density at radius 2 is 1.81 bits per heavy atom. The highest BCUT2D eigenvalue weighted by Crippen LogP contribution is 2.22. The summed E-state index contributed by atoms with van der Waals surface area (Å²) in [6.45, 7) is 1.86. The van der Waals surface area contributed by atoms with Crippen LogP contribution in [0.2, 0.25) is 5.02 Å². The first-order valence-corrected chi connectivity index (χ1v) is 11.8. The molecule has 0 radical (unpaired) electrons. The van der Waals surface area contributed by atoms with Crippen LogP contribution in [0.5, 0.6) is 0 Å². The molecule has 0 aliphatic carbocycles. The predicted octanol–water partition coefficient (Wildman–Crippen LogP) is 3.45. The highest BCUT2D eigenvalue weighted by atomic mass is 35.5. The maximum Gasteiger partial charge on any atom is 0.331 e. The minimum absolute atomic E-state index is 0.0298. The number of anilines is 1. The molecule has 186 valence electrons. The fourth-order valence-corrected chi connectivity index (χ4v) is 4.14. The molecule has 0 aliphatic rings. The van der Waals surface area contributed by atoms with Crippen molar-refractivity contribution in [2.45, 2.75) is 39.4 Å². The van der Waals surface area contributed by atoms with Gasteiger partial charge in [-0.2, -0.15) is 0 Å². The third-order valence-electron chi connectivity index (χ3n) is 5.66. The van der Waals surface area contributed by atoms with E-state index < -0.39 is 17.2 Å². The van der Waals surface area contributed by atoms with Crippen molar-refractivity contribution in [3.63, 3.8) is 0 Å². The van der Waals surface area contributed by atoms with Gasteiger partial charge in [0.25, 0.3) is 5.56 Å². The van der Waals surface area contributed by atoms with Crippen LogP contribution in [0.3, 0.4) is 0 Å². The molecule has 2 aromatic heterocycles. The lowest BCUT2D eigenvalue weighted by Gasteiger charge is -2.14. The van der Waals surface area contributed by atoms with Crippen molar-refractivity contribution in [3.8, 4) is 0 Å². The van der Waals surface area contributed by atoms with Gasteiger partial charge in [-0.15, -0.1) is 0 Å². The van der Waals surface area contributed by atoms with Gasteiger partial charge >= 0.3 is 5.69 Å². The fourth-order valence-electron chi connectivity index (χ4n) is 3.86. The van der Waals surface area contributed by atoms with Crippen molar-refractivity contribution in [2.75, 3.05) is 5.32 Å². The Balaban J connectivity index is 1.51. The molecule has 10 heteroatoms. The van der Waals surface area contributed by atoms with Crippen LogP contribution in [0.4, 0.5) is 5.69 Å². The van der Waals surface area contributed by atoms with E-state index in [9.17, 15) is 19.2 Å². The van der Waals surface area contributed by atoms with Crippen LogP contribution in [0.25, 0.3) is 10.9 Å². The number of aryl methyl sites for hydroxylation is 1. The number of hydrogen-bond donors (Lipinski definition) is 2. The molecule has 2 aromatic carbocycles. The molecule has 2 N–H and O–H groups in total. The maximum absolute atomic E-state index is 13.3. The first kappa shape index (κ1) is 25.0. The minimum atomic E-state index is -0.625. The smallest absolute Gasteiger partial charge is 0.331 e. The summed E-state index contributed by atoms with van der Waals surface area (Å²) in [4.78, 5) is 51.3. The topological polar surface area (TPSA) is 115 Å². The zero-order chi connectivity index (χ0) is 25.7. The molecule has 0 aliphatic heterocycles. The number of nitrogens with one attached hydrogen (secondary N) is 2. The molecule has 0 spiro atoms. The van der Waals surface area contributed by atoms with Crippen molar-refractivity contribution in [3.05, 3.63) is 98.0 Å². The molecule has 0 atom stereocenters. The number of amides is 2. The van der Waals surface area contributed by atoms with E-state index in [1.165, 1.54) is 10.8 Å². The van der Waals surface area contributed by atoms with Gasteiger partial charge < -0.3 is 15.1 Å². The van der Waals surface area contributed by atoms with Crippen molar-refractivity contribution >= 4 is 40.0 Å². The number of furan rings is 1. The zero-order valence-electron chi connectivity index (χ0n) is 19.6. The fraction of sp³-hybridized carbons (Fsp3) is 0.231. The average Bonchev–Trinajstić information content (AvgIpc) is 3.38. The van der Waals surface area contributed by atoms with Gasteiger partial charge in [-0.3, -0.25) is 23.5 Å². The van der Waals surface area contributed by atoms with Crippen LogP contribution in [-0.4, -0.2) is 20.9 Å².